The van der Waals surface area contributed by atoms with Crippen LogP contribution in [0.2, 0.25) is 0 Å². The van der Waals surface area contributed by atoms with E-state index in [1.165, 1.54) is 11.0 Å². The Morgan fingerprint density at radius 2 is 2.14 bits per heavy atom. The number of pyridine rings is 1. The minimum atomic E-state index is -4.65. The van der Waals surface area contributed by atoms with Crippen molar-refractivity contribution in [3.63, 3.8) is 0 Å². The Labute approximate surface area is 116 Å². The molecule has 0 bridgehead atoms. The Bertz CT molecular complexity index is 668. The number of alkyl halides is 3. The molecule has 2 aromatic heterocycles. The van der Waals surface area contributed by atoms with Gasteiger partial charge in [-0.2, -0.15) is 28.2 Å². The van der Waals surface area contributed by atoms with Crippen molar-refractivity contribution in [1.29, 1.82) is 0 Å². The number of nitrogens with one attached hydrogen (secondary N) is 1. The first-order chi connectivity index (χ1) is 9.77. The second-order valence-electron chi connectivity index (χ2n) is 4.07. The van der Waals surface area contributed by atoms with Crippen LogP contribution in [-0.2, 0) is 19.8 Å². The van der Waals surface area contributed by atoms with Gasteiger partial charge in [-0.15, -0.1) is 0 Å². The molecule has 0 unspecified atom stereocenters. The molecule has 112 valence electrons. The zero-order valence-corrected chi connectivity index (χ0v) is 10.7. The number of rotatable bonds is 4. The van der Waals surface area contributed by atoms with Crippen molar-refractivity contribution in [2.24, 2.45) is 7.05 Å². The quantitative estimate of drug-likeness (QED) is 0.890. The molecule has 0 amide bonds. The van der Waals surface area contributed by atoms with Gasteiger partial charge >= 0.3 is 12.1 Å². The van der Waals surface area contributed by atoms with Gasteiger partial charge in [-0.3, -0.25) is 0 Å². The van der Waals surface area contributed by atoms with E-state index in [9.17, 15) is 18.0 Å². The fraction of sp³-hybridized carbons (Fsp3) is 0.273. The van der Waals surface area contributed by atoms with Crippen molar-refractivity contribution in [3.05, 3.63) is 35.3 Å². The SMILES string of the molecule is Cn1ncc(CNc2nc(C(F)(F)F)ccc2C(=O)O)n1. The summed E-state index contributed by atoms with van der Waals surface area (Å²) in [4.78, 5) is 15.6. The number of aromatic carboxylic acids is 1. The summed E-state index contributed by atoms with van der Waals surface area (Å²) in [6.07, 6.45) is -3.25. The Kier molecular flexibility index (Phi) is 3.78. The molecule has 2 aromatic rings. The first-order valence-corrected chi connectivity index (χ1v) is 5.68. The fourth-order valence-corrected chi connectivity index (χ4v) is 1.57. The molecule has 0 aliphatic carbocycles. The minimum absolute atomic E-state index is 0.00241. The van der Waals surface area contributed by atoms with E-state index in [2.05, 4.69) is 20.5 Å². The lowest BCUT2D eigenvalue weighted by molar-refractivity contribution is -0.141. The fourth-order valence-electron chi connectivity index (χ4n) is 1.57. The molecule has 7 nitrogen and oxygen atoms in total. The Balaban J connectivity index is 2.28. The number of carboxylic acid groups (broad SMARTS) is 1. The number of aryl methyl sites for hydroxylation is 1. The van der Waals surface area contributed by atoms with E-state index < -0.39 is 17.8 Å². The van der Waals surface area contributed by atoms with Gasteiger partial charge in [0.05, 0.1) is 12.7 Å². The van der Waals surface area contributed by atoms with E-state index in [-0.39, 0.29) is 17.9 Å². The number of hydrogen-bond donors (Lipinski definition) is 2. The summed E-state index contributed by atoms with van der Waals surface area (Å²) >= 11 is 0. The molecule has 2 rings (SSSR count). The molecule has 0 aliphatic heterocycles. The summed E-state index contributed by atoms with van der Waals surface area (Å²) < 4.78 is 37.8. The van der Waals surface area contributed by atoms with E-state index >= 15 is 0 Å². The van der Waals surface area contributed by atoms with Crippen molar-refractivity contribution in [3.8, 4) is 0 Å². The van der Waals surface area contributed by atoms with E-state index in [0.717, 1.165) is 6.07 Å². The maximum atomic E-state index is 12.6. The van der Waals surface area contributed by atoms with Gasteiger partial charge in [0.15, 0.2) is 0 Å². The van der Waals surface area contributed by atoms with Crippen LogP contribution < -0.4 is 5.32 Å². The summed E-state index contributed by atoms with van der Waals surface area (Å²) in [6, 6.07) is 1.48. The lowest BCUT2D eigenvalue weighted by atomic mass is 10.2. The van der Waals surface area contributed by atoms with Crippen LogP contribution in [0.25, 0.3) is 0 Å². The van der Waals surface area contributed by atoms with Gasteiger partial charge in [0.1, 0.15) is 22.8 Å². The lowest BCUT2D eigenvalue weighted by Crippen LogP contribution is -2.14. The molecule has 0 fully saturated rings. The first kappa shape index (κ1) is 14.8. The molecular weight excluding hydrogens is 291 g/mol. The summed E-state index contributed by atoms with van der Waals surface area (Å²) in [7, 11) is 1.58. The lowest BCUT2D eigenvalue weighted by Gasteiger charge is -2.11. The number of carbonyl (C=O) groups is 1. The van der Waals surface area contributed by atoms with Crippen molar-refractivity contribution in [2.75, 3.05) is 5.32 Å². The van der Waals surface area contributed by atoms with Crippen molar-refractivity contribution < 1.29 is 23.1 Å². The predicted molar refractivity (Wildman–Crippen MR) is 64.5 cm³/mol. The summed E-state index contributed by atoms with van der Waals surface area (Å²) in [5.41, 5.74) is -1.09. The number of anilines is 1. The number of nitrogens with zero attached hydrogens (tertiary/aromatic N) is 4. The Morgan fingerprint density at radius 1 is 1.43 bits per heavy atom. The van der Waals surface area contributed by atoms with E-state index in [1.54, 1.807) is 7.05 Å². The normalized spacial score (nSPS) is 11.4. The van der Waals surface area contributed by atoms with Crippen LogP contribution in [0.5, 0.6) is 0 Å². The highest BCUT2D eigenvalue weighted by Crippen LogP contribution is 2.29. The van der Waals surface area contributed by atoms with Crippen molar-refractivity contribution in [1.82, 2.24) is 20.0 Å². The summed E-state index contributed by atoms with van der Waals surface area (Å²) in [6.45, 7) is 0.00241. The molecule has 0 atom stereocenters. The summed E-state index contributed by atoms with van der Waals surface area (Å²) in [5.74, 6) is -1.75. The van der Waals surface area contributed by atoms with Crippen LogP contribution in [0, 0.1) is 0 Å². The van der Waals surface area contributed by atoms with E-state index in [4.69, 9.17) is 5.11 Å². The van der Waals surface area contributed by atoms with Gasteiger partial charge in [0, 0.05) is 7.05 Å². The Morgan fingerprint density at radius 3 is 2.67 bits per heavy atom. The average Bonchev–Trinajstić information content (AvgIpc) is 2.80. The number of carboxylic acids is 1. The molecule has 10 heteroatoms. The number of halogens is 3. The molecule has 0 spiro atoms. The number of aromatic nitrogens is 4. The Hall–Kier alpha value is -2.65. The van der Waals surface area contributed by atoms with Crippen molar-refractivity contribution in [2.45, 2.75) is 12.7 Å². The number of hydrogen-bond acceptors (Lipinski definition) is 5. The van der Waals surface area contributed by atoms with Crippen LogP contribution in [-0.4, -0.2) is 31.1 Å². The van der Waals surface area contributed by atoms with Crippen LogP contribution in [0.1, 0.15) is 21.7 Å². The molecular formula is C11H10F3N5O2. The third-order valence-electron chi connectivity index (χ3n) is 2.50. The second-order valence-corrected chi connectivity index (χ2v) is 4.07. The molecule has 0 saturated heterocycles. The molecule has 0 radical (unpaired) electrons. The van der Waals surface area contributed by atoms with Crippen LogP contribution in [0.3, 0.4) is 0 Å². The van der Waals surface area contributed by atoms with Crippen LogP contribution >= 0.6 is 0 Å². The highest BCUT2D eigenvalue weighted by molar-refractivity contribution is 5.93. The van der Waals surface area contributed by atoms with E-state index in [1.807, 2.05) is 0 Å². The molecule has 0 aliphatic rings. The molecule has 0 saturated carbocycles. The first-order valence-electron chi connectivity index (χ1n) is 5.68. The zero-order valence-electron chi connectivity index (χ0n) is 10.7. The maximum Gasteiger partial charge on any atom is 0.433 e. The molecule has 2 N–H and O–H groups in total. The third-order valence-corrected chi connectivity index (χ3v) is 2.50. The van der Waals surface area contributed by atoms with Gasteiger partial charge in [0.25, 0.3) is 0 Å². The van der Waals surface area contributed by atoms with Crippen LogP contribution in [0.15, 0.2) is 18.3 Å². The van der Waals surface area contributed by atoms with Gasteiger partial charge < -0.3 is 10.4 Å². The zero-order chi connectivity index (χ0) is 15.6. The van der Waals surface area contributed by atoms with Gasteiger partial charge in [-0.1, -0.05) is 0 Å². The molecule has 0 aromatic carbocycles. The summed E-state index contributed by atoms with van der Waals surface area (Å²) in [5, 5.41) is 19.2. The average molecular weight is 301 g/mol. The topological polar surface area (TPSA) is 92.9 Å². The van der Waals surface area contributed by atoms with Crippen LogP contribution in [0.4, 0.5) is 19.0 Å². The van der Waals surface area contributed by atoms with Crippen molar-refractivity contribution >= 4 is 11.8 Å². The highest BCUT2D eigenvalue weighted by atomic mass is 19.4. The second kappa shape index (κ2) is 5.38. The molecule has 2 heterocycles. The van der Waals surface area contributed by atoms with Gasteiger partial charge in [-0.05, 0) is 12.1 Å². The minimum Gasteiger partial charge on any atom is -0.478 e. The van der Waals surface area contributed by atoms with Gasteiger partial charge in [-0.25, -0.2) is 9.78 Å². The highest BCUT2D eigenvalue weighted by Gasteiger charge is 2.33. The maximum absolute atomic E-state index is 12.6. The van der Waals surface area contributed by atoms with Gasteiger partial charge in [0.2, 0.25) is 0 Å². The van der Waals surface area contributed by atoms with E-state index in [0.29, 0.717) is 11.8 Å². The third kappa shape index (κ3) is 3.46. The largest absolute Gasteiger partial charge is 0.478 e. The molecule has 21 heavy (non-hydrogen) atoms. The smallest absolute Gasteiger partial charge is 0.433 e. The standard InChI is InChI=1S/C11H10F3N5O2/c1-19-16-5-6(18-19)4-15-9-7(10(20)21)2-3-8(17-9)11(12,13)14/h2-3,5H,4H2,1H3,(H,15,17)(H,20,21). The monoisotopic (exact) mass is 301 g/mol. The predicted octanol–water partition coefficient (Wildman–Crippen LogP) is 1.54.